The molecule has 3 rings (SSSR count). The van der Waals surface area contributed by atoms with E-state index in [4.69, 9.17) is 20.9 Å². The maximum absolute atomic E-state index is 11.4. The standard InChI is InChI=1S/C18H15ClN2O4/c1-11-15(17(21-25-11)12-3-6-14(19)7-4-12)10-24-16-8-5-13(9-20-16)18(22)23-2/h3-9H,10H2,1-2H3. The number of carbonyl (C=O) groups excluding carboxylic acids is 1. The second kappa shape index (κ2) is 7.36. The summed E-state index contributed by atoms with van der Waals surface area (Å²) in [4.78, 5) is 15.5. The summed E-state index contributed by atoms with van der Waals surface area (Å²) >= 11 is 5.92. The van der Waals surface area contributed by atoms with Gasteiger partial charge in [0.25, 0.3) is 0 Å². The van der Waals surface area contributed by atoms with Gasteiger partial charge in [-0.15, -0.1) is 0 Å². The van der Waals surface area contributed by atoms with Crippen LogP contribution in [0.25, 0.3) is 11.3 Å². The van der Waals surface area contributed by atoms with Gasteiger partial charge in [-0.25, -0.2) is 9.78 Å². The molecular formula is C18H15ClN2O4. The highest BCUT2D eigenvalue weighted by Crippen LogP contribution is 2.27. The number of aromatic nitrogens is 2. The summed E-state index contributed by atoms with van der Waals surface area (Å²) in [6.07, 6.45) is 1.40. The van der Waals surface area contributed by atoms with Crippen LogP contribution in [0.2, 0.25) is 5.02 Å². The summed E-state index contributed by atoms with van der Waals surface area (Å²) in [5.74, 6) is 0.602. The molecule has 7 heteroatoms. The summed E-state index contributed by atoms with van der Waals surface area (Å²) in [5.41, 5.74) is 2.76. The predicted octanol–water partition coefficient (Wildman–Crippen LogP) is 4.06. The second-order valence-electron chi connectivity index (χ2n) is 5.24. The van der Waals surface area contributed by atoms with Crippen molar-refractivity contribution in [3.8, 4) is 17.1 Å². The molecule has 0 N–H and O–H groups in total. The van der Waals surface area contributed by atoms with Crippen molar-refractivity contribution in [2.75, 3.05) is 7.11 Å². The van der Waals surface area contributed by atoms with Gasteiger partial charge in [-0.3, -0.25) is 0 Å². The number of aryl methyl sites for hydroxylation is 1. The molecule has 0 amide bonds. The summed E-state index contributed by atoms with van der Waals surface area (Å²) in [6.45, 7) is 2.05. The van der Waals surface area contributed by atoms with Crippen molar-refractivity contribution >= 4 is 17.6 Å². The first kappa shape index (κ1) is 17.0. The molecule has 0 saturated carbocycles. The smallest absolute Gasteiger partial charge is 0.339 e. The molecule has 1 aromatic carbocycles. The number of halogens is 1. The summed E-state index contributed by atoms with van der Waals surface area (Å²) in [5, 5.41) is 4.75. The predicted molar refractivity (Wildman–Crippen MR) is 91.6 cm³/mol. The van der Waals surface area contributed by atoms with Crippen molar-refractivity contribution in [3.63, 3.8) is 0 Å². The van der Waals surface area contributed by atoms with Gasteiger partial charge in [0.1, 0.15) is 18.1 Å². The largest absolute Gasteiger partial charge is 0.473 e. The van der Waals surface area contributed by atoms with Crippen molar-refractivity contribution in [2.24, 2.45) is 0 Å². The first-order chi connectivity index (χ1) is 12.1. The third-order valence-electron chi connectivity index (χ3n) is 3.62. The maximum Gasteiger partial charge on any atom is 0.339 e. The topological polar surface area (TPSA) is 74.5 Å². The first-order valence-electron chi connectivity index (χ1n) is 7.46. The third kappa shape index (κ3) is 3.80. The lowest BCUT2D eigenvalue weighted by Gasteiger charge is -2.07. The molecule has 2 heterocycles. The van der Waals surface area contributed by atoms with Gasteiger partial charge in [-0.2, -0.15) is 0 Å². The molecule has 0 radical (unpaired) electrons. The molecule has 0 bridgehead atoms. The van der Waals surface area contributed by atoms with Crippen molar-refractivity contribution in [3.05, 3.63) is 64.5 Å². The average molecular weight is 359 g/mol. The van der Waals surface area contributed by atoms with E-state index in [-0.39, 0.29) is 6.61 Å². The van der Waals surface area contributed by atoms with E-state index in [1.807, 2.05) is 19.1 Å². The highest BCUT2D eigenvalue weighted by Gasteiger charge is 2.16. The molecule has 0 unspecified atom stereocenters. The van der Waals surface area contributed by atoms with Gasteiger partial charge >= 0.3 is 5.97 Å². The van der Waals surface area contributed by atoms with Crippen LogP contribution in [0, 0.1) is 6.92 Å². The van der Waals surface area contributed by atoms with Crippen LogP contribution in [0.4, 0.5) is 0 Å². The molecule has 0 aliphatic heterocycles. The lowest BCUT2D eigenvalue weighted by Crippen LogP contribution is -2.03. The number of benzene rings is 1. The van der Waals surface area contributed by atoms with E-state index in [2.05, 4.69) is 14.9 Å². The lowest BCUT2D eigenvalue weighted by atomic mass is 10.1. The number of esters is 1. The molecule has 6 nitrogen and oxygen atoms in total. The Morgan fingerprint density at radius 1 is 1.20 bits per heavy atom. The van der Waals surface area contributed by atoms with E-state index in [0.29, 0.717) is 27.9 Å². The highest BCUT2D eigenvalue weighted by atomic mass is 35.5. The zero-order chi connectivity index (χ0) is 17.8. The van der Waals surface area contributed by atoms with Crippen LogP contribution < -0.4 is 4.74 Å². The Balaban J connectivity index is 1.76. The van der Waals surface area contributed by atoms with Crippen LogP contribution in [0.5, 0.6) is 5.88 Å². The molecule has 0 fully saturated rings. The minimum atomic E-state index is -0.445. The quantitative estimate of drug-likeness (QED) is 0.640. The number of nitrogens with zero attached hydrogens (tertiary/aromatic N) is 2. The third-order valence-corrected chi connectivity index (χ3v) is 3.88. The molecule has 0 atom stereocenters. The Labute approximate surface area is 149 Å². The Bertz CT molecular complexity index is 873. The van der Waals surface area contributed by atoms with Gasteiger partial charge < -0.3 is 14.0 Å². The SMILES string of the molecule is COC(=O)c1ccc(OCc2c(-c3ccc(Cl)cc3)noc2C)nc1. The van der Waals surface area contributed by atoms with Crippen LogP contribution in [0.1, 0.15) is 21.7 Å². The molecule has 0 spiro atoms. The highest BCUT2D eigenvalue weighted by molar-refractivity contribution is 6.30. The van der Waals surface area contributed by atoms with E-state index < -0.39 is 5.97 Å². The van der Waals surface area contributed by atoms with Crippen LogP contribution in [0.15, 0.2) is 47.1 Å². The molecule has 128 valence electrons. The Hall–Kier alpha value is -2.86. The molecule has 0 aliphatic rings. The van der Waals surface area contributed by atoms with Crippen LogP contribution in [-0.4, -0.2) is 23.2 Å². The normalized spacial score (nSPS) is 10.5. The fraction of sp³-hybridized carbons (Fsp3) is 0.167. The van der Waals surface area contributed by atoms with E-state index >= 15 is 0 Å². The monoisotopic (exact) mass is 358 g/mol. The van der Waals surface area contributed by atoms with E-state index in [1.165, 1.54) is 13.3 Å². The Kier molecular flexibility index (Phi) is 5.00. The van der Waals surface area contributed by atoms with Gasteiger partial charge in [0, 0.05) is 22.8 Å². The van der Waals surface area contributed by atoms with Crippen LogP contribution >= 0.6 is 11.6 Å². The number of hydrogen-bond acceptors (Lipinski definition) is 6. The Morgan fingerprint density at radius 3 is 2.60 bits per heavy atom. The molecule has 2 aromatic heterocycles. The summed E-state index contributed by atoms with van der Waals surface area (Å²) in [6, 6.07) is 10.5. The van der Waals surface area contributed by atoms with Crippen molar-refractivity contribution in [2.45, 2.75) is 13.5 Å². The van der Waals surface area contributed by atoms with Gasteiger partial charge in [0.15, 0.2) is 0 Å². The lowest BCUT2D eigenvalue weighted by molar-refractivity contribution is 0.0600. The summed E-state index contributed by atoms with van der Waals surface area (Å²) < 4.78 is 15.6. The molecule has 0 saturated heterocycles. The first-order valence-corrected chi connectivity index (χ1v) is 7.84. The van der Waals surface area contributed by atoms with E-state index in [1.54, 1.807) is 24.3 Å². The van der Waals surface area contributed by atoms with Gasteiger partial charge in [-0.05, 0) is 25.1 Å². The fourth-order valence-electron chi connectivity index (χ4n) is 2.25. The van der Waals surface area contributed by atoms with E-state index in [9.17, 15) is 4.79 Å². The van der Waals surface area contributed by atoms with Gasteiger partial charge in [-0.1, -0.05) is 28.9 Å². The van der Waals surface area contributed by atoms with Gasteiger partial charge in [0.2, 0.25) is 5.88 Å². The number of pyridine rings is 1. The van der Waals surface area contributed by atoms with Crippen molar-refractivity contribution in [1.82, 2.24) is 10.1 Å². The minimum Gasteiger partial charge on any atom is -0.473 e. The molecular weight excluding hydrogens is 344 g/mol. The average Bonchev–Trinajstić information content (AvgIpc) is 3.01. The number of rotatable bonds is 5. The molecule has 3 aromatic rings. The van der Waals surface area contributed by atoms with E-state index in [0.717, 1.165) is 11.1 Å². The zero-order valence-electron chi connectivity index (χ0n) is 13.7. The zero-order valence-corrected chi connectivity index (χ0v) is 14.4. The number of methoxy groups -OCH3 is 1. The Morgan fingerprint density at radius 2 is 1.96 bits per heavy atom. The van der Waals surface area contributed by atoms with Crippen molar-refractivity contribution in [1.29, 1.82) is 0 Å². The maximum atomic E-state index is 11.4. The number of carbonyl (C=O) groups is 1. The number of hydrogen-bond donors (Lipinski definition) is 0. The molecule has 25 heavy (non-hydrogen) atoms. The summed E-state index contributed by atoms with van der Waals surface area (Å²) in [7, 11) is 1.32. The van der Waals surface area contributed by atoms with Crippen molar-refractivity contribution < 1.29 is 18.8 Å². The second-order valence-corrected chi connectivity index (χ2v) is 5.67. The van der Waals surface area contributed by atoms with Gasteiger partial charge in [0.05, 0.1) is 18.2 Å². The molecule has 0 aliphatic carbocycles. The van der Waals surface area contributed by atoms with Crippen LogP contribution in [0.3, 0.4) is 0 Å². The van der Waals surface area contributed by atoms with Crippen LogP contribution in [-0.2, 0) is 11.3 Å². The fourth-order valence-corrected chi connectivity index (χ4v) is 2.37. The minimum absolute atomic E-state index is 0.234. The number of ether oxygens (including phenoxy) is 2.